The Kier molecular flexibility index (Phi) is 29.4. The van der Waals surface area contributed by atoms with Gasteiger partial charge in [0.15, 0.2) is 0 Å². The Bertz CT molecular complexity index is 5300. The van der Waals surface area contributed by atoms with Gasteiger partial charge in [0, 0.05) is 39.9 Å². The van der Waals surface area contributed by atoms with Gasteiger partial charge in [-0.15, -0.1) is 0 Å². The van der Waals surface area contributed by atoms with Crippen molar-refractivity contribution in [1.29, 1.82) is 0 Å². The zero-order valence-corrected chi connectivity index (χ0v) is 85.3. The molecule has 3 aromatic heterocycles. The number of anilines is 8. The minimum Gasteiger partial charge on any atom is -0.870 e. The normalized spacial score (nSPS) is 21.1. The SMILES string of the molecule is COc1cc(C)c2c(c1)C1(CCCCC1)CC2(C)C.Cc1c(N)ncnc1NC(=O)C1CC1.Cc1cc(C)c2c(c1)C1(CCCCC1)CC2(C)C.Cc1cc(Nc2ncnc(N)c2C)cc2c1C(C)(C)CC21CCCCC1.Cc1cc(Nc2ncnc(NC(=O)C3CC3)c2C)cc2c1C(C)(C)CC21CCCCC1.Cc1cc(O)cc2c1C(C)(C)CC21CCCCC1.[K+].[OH-]. The number of methoxy groups -OCH3 is 1. The number of phenolic OH excluding ortho intramolecular Hbond substituents is 1. The summed E-state index contributed by atoms with van der Waals surface area (Å²) in [6.45, 7) is 43.4. The summed E-state index contributed by atoms with van der Waals surface area (Å²) in [5, 5.41) is 22.7. The molecule has 18 heteroatoms. The number of hydrogen-bond donors (Lipinski definition) is 7. The number of rotatable bonds is 9. The first kappa shape index (κ1) is 98.2. The topological polar surface area (TPSA) is 271 Å². The fourth-order valence-electron chi connectivity index (χ4n) is 27.7. The molecule has 2 amide bonds. The van der Waals surface area contributed by atoms with Crippen LogP contribution in [0.4, 0.5) is 46.3 Å². The van der Waals surface area contributed by atoms with Gasteiger partial charge in [0.05, 0.1) is 7.11 Å². The molecule has 5 aromatic carbocycles. The Morgan fingerprint density at radius 2 is 0.625 bits per heavy atom. The van der Waals surface area contributed by atoms with Crippen LogP contribution in [0.3, 0.4) is 0 Å². The Hall–Kier alpha value is -7.32. The molecule has 3 heterocycles. The monoisotopic (exact) mass is 1760 g/mol. The van der Waals surface area contributed by atoms with Crippen LogP contribution in [0.2, 0.25) is 0 Å². The van der Waals surface area contributed by atoms with E-state index in [4.69, 9.17) is 16.2 Å². The molecule has 5 spiro atoms. The van der Waals surface area contributed by atoms with Crippen molar-refractivity contribution in [1.82, 2.24) is 29.9 Å². The van der Waals surface area contributed by atoms with Crippen LogP contribution in [-0.2, 0) is 63.7 Å². The van der Waals surface area contributed by atoms with Crippen molar-refractivity contribution >= 4 is 58.1 Å². The number of benzene rings is 5. The molecule has 7 saturated carbocycles. The second kappa shape index (κ2) is 38.3. The Morgan fingerprint density at radius 1 is 0.352 bits per heavy atom. The van der Waals surface area contributed by atoms with E-state index in [0.29, 0.717) is 66.9 Å². The van der Waals surface area contributed by atoms with Gasteiger partial charge in [0.1, 0.15) is 65.4 Å². The number of aryl methyl sites for hydroxylation is 6. The number of nitrogen functional groups attached to an aromatic ring is 2. The smallest absolute Gasteiger partial charge is 0.870 e. The summed E-state index contributed by atoms with van der Waals surface area (Å²) in [4.78, 5) is 48.7. The van der Waals surface area contributed by atoms with Gasteiger partial charge in [-0.25, -0.2) is 29.9 Å². The standard InChI is InChI=1S/C26H34N4O.C22H30N4.C18H26O.C18H26.C17H24O.C9H12N4O.K.H2O/c1-16-12-19(13-20-21(16)25(3,4)14-26(20)10-6-5-7-11-26)29-22-17(2)23(28-15-27-22)30-24(31)18-8-9-18;1-14-10-16(26-20-15(2)19(23)24-13-25-20)11-17-18(14)21(3,4)12-22(17)8-6-5-7-9-22;1-13-10-14(19-4)11-15-16(13)17(2,3)12-18(15)8-6-5-7-9-18;1-13-10-14(2)16-15(11-13)18(12-17(16,3)4)8-6-5-7-9-18;1-12-9-13(18)10-14-15(12)16(2,3)11-17(14)7-5-4-6-8-17;1-5-7(10)11-4-12-8(5)13-9(14)6-2-3-6;;/h12-13,15,18H,5-11,14H2,1-4H3,(H2,27,28,29,30,31);10-11,13H,5-9,12H2,1-4H3,(H3,23,24,25,26);10-11H,5-9,12H2,1-4H3;10-11H,5-9,12H2,1-4H3;9-10,18H,4-8,11H2,1-3H3;4,6H,2-3H2,1H3,(H3,10,11,12,13,14);;1H2/q;;;;;;+1;/p-1. The molecule has 7 fully saturated rings. The van der Waals surface area contributed by atoms with Gasteiger partial charge in [0.2, 0.25) is 11.8 Å². The number of phenols is 1. The van der Waals surface area contributed by atoms with Crippen LogP contribution in [0.5, 0.6) is 11.5 Å². The average molecular weight is 1760 g/mol. The van der Waals surface area contributed by atoms with Crippen LogP contribution < -0.4 is 88.9 Å². The van der Waals surface area contributed by atoms with Crippen molar-refractivity contribution in [2.24, 2.45) is 11.8 Å². The molecule has 12 aliphatic carbocycles. The van der Waals surface area contributed by atoms with Crippen LogP contribution in [0.1, 0.15) is 393 Å². The van der Waals surface area contributed by atoms with Crippen LogP contribution in [0, 0.1) is 74.1 Å². The second-order valence-corrected chi connectivity index (χ2v) is 44.9. The first-order valence-electron chi connectivity index (χ1n) is 48.8. The Balaban J connectivity index is 0.000000133. The van der Waals surface area contributed by atoms with Crippen molar-refractivity contribution in [3.05, 3.63) is 185 Å². The van der Waals surface area contributed by atoms with Gasteiger partial charge in [-0.3, -0.25) is 9.59 Å². The molecule has 0 atom stereocenters. The molecule has 20 rings (SSSR count). The summed E-state index contributed by atoms with van der Waals surface area (Å²) in [7, 11) is 1.79. The fourth-order valence-corrected chi connectivity index (χ4v) is 27.7. The van der Waals surface area contributed by atoms with Crippen molar-refractivity contribution in [3.8, 4) is 11.5 Å². The van der Waals surface area contributed by atoms with Gasteiger partial charge in [0.25, 0.3) is 0 Å². The predicted octanol–water partition coefficient (Wildman–Crippen LogP) is 23.6. The summed E-state index contributed by atoms with van der Waals surface area (Å²) in [5.74, 6) is 5.55. The molecule has 8 aromatic rings. The summed E-state index contributed by atoms with van der Waals surface area (Å²) < 4.78 is 5.52. The number of amides is 2. The quantitative estimate of drug-likeness (QED) is 0.0662. The molecule has 12 aliphatic rings. The number of hydrogen-bond acceptors (Lipinski definition) is 15. The first-order chi connectivity index (χ1) is 59.7. The van der Waals surface area contributed by atoms with Gasteiger partial charge in [-0.2, -0.15) is 0 Å². The Morgan fingerprint density at radius 3 is 0.969 bits per heavy atom. The van der Waals surface area contributed by atoms with Gasteiger partial charge >= 0.3 is 51.4 Å². The molecule has 0 aliphatic heterocycles. The number of nitrogens with two attached hydrogens (primary N) is 2. The number of nitrogens with zero attached hydrogens (tertiary/aromatic N) is 6. The second-order valence-electron chi connectivity index (χ2n) is 44.9. The van der Waals surface area contributed by atoms with Crippen LogP contribution >= 0.6 is 0 Å². The molecule has 0 unspecified atom stereocenters. The van der Waals surface area contributed by atoms with Gasteiger partial charge in [-0.05, 0) is 370 Å². The summed E-state index contributed by atoms with van der Waals surface area (Å²) in [6.07, 6.45) is 49.0. The zero-order chi connectivity index (χ0) is 90.1. The minimum absolute atomic E-state index is 0. The molecular weight excluding hydrogens is 1610 g/mol. The summed E-state index contributed by atoms with van der Waals surface area (Å²) >= 11 is 0. The van der Waals surface area contributed by atoms with E-state index in [9.17, 15) is 14.7 Å². The van der Waals surface area contributed by atoms with E-state index in [1.165, 1.54) is 256 Å². The van der Waals surface area contributed by atoms with Crippen molar-refractivity contribution in [3.63, 3.8) is 0 Å². The van der Waals surface area contributed by atoms with Crippen LogP contribution in [0.15, 0.2) is 79.6 Å². The van der Waals surface area contributed by atoms with E-state index in [2.05, 4.69) is 217 Å². The zero-order valence-electron chi connectivity index (χ0n) is 82.2. The average Bonchev–Trinajstić information content (AvgIpc) is 1.60. The molecular formula is C110H153KN12O5. The maximum atomic E-state index is 12.2. The van der Waals surface area contributed by atoms with Crippen molar-refractivity contribution in [2.75, 3.05) is 39.8 Å². The number of aromatic nitrogens is 6. The molecule has 0 radical (unpaired) electrons. The first-order valence-corrected chi connectivity index (χ1v) is 48.8. The number of ether oxygens (including phenoxy) is 1. The van der Waals surface area contributed by atoms with Crippen LogP contribution in [-0.4, -0.2) is 59.4 Å². The summed E-state index contributed by atoms with van der Waals surface area (Å²) in [5.41, 5.74) is 43.9. The van der Waals surface area contributed by atoms with E-state index in [-0.39, 0.29) is 96.8 Å². The third-order valence-electron chi connectivity index (χ3n) is 32.4. The molecule has 10 N–H and O–H groups in total. The number of nitrogens with one attached hydrogen (secondary N) is 4. The number of carbonyl (C=O) groups excluding carboxylic acids is 2. The van der Waals surface area contributed by atoms with Crippen molar-refractivity contribution in [2.45, 2.75) is 404 Å². The fraction of sp³-hybridized carbons (Fsp3) is 0.600. The number of fused-ring (bicyclic) bond motifs is 10. The maximum absolute atomic E-state index is 12.2. The summed E-state index contributed by atoms with van der Waals surface area (Å²) in [6, 6.07) is 22.7. The van der Waals surface area contributed by atoms with Gasteiger partial charge in [-0.1, -0.05) is 183 Å². The van der Waals surface area contributed by atoms with Crippen LogP contribution in [0.25, 0.3) is 0 Å². The van der Waals surface area contributed by atoms with E-state index in [0.717, 1.165) is 71.1 Å². The third-order valence-corrected chi connectivity index (χ3v) is 32.4. The number of aromatic hydroxyl groups is 1. The largest absolute Gasteiger partial charge is 1.00 e. The molecule has 17 nitrogen and oxygen atoms in total. The van der Waals surface area contributed by atoms with Gasteiger partial charge < -0.3 is 48.1 Å². The maximum Gasteiger partial charge on any atom is 1.00 e. The van der Waals surface area contributed by atoms with E-state index in [1.807, 2.05) is 19.9 Å². The van der Waals surface area contributed by atoms with Crippen molar-refractivity contribution < 1.29 is 76.3 Å². The molecule has 0 bridgehead atoms. The molecule has 684 valence electrons. The van der Waals surface area contributed by atoms with E-state index >= 15 is 0 Å². The predicted molar refractivity (Wildman–Crippen MR) is 521 cm³/mol. The minimum atomic E-state index is 0. The Labute approximate surface area is 809 Å². The number of carbonyl (C=O) groups is 2. The van der Waals surface area contributed by atoms with E-state index < -0.39 is 0 Å². The molecule has 128 heavy (non-hydrogen) atoms. The third kappa shape index (κ3) is 20.0. The molecule has 0 saturated heterocycles. The van der Waals surface area contributed by atoms with E-state index in [1.54, 1.807) is 58.5 Å².